The standard InChI is InChI=1S/C9H10N2O3S/c1-9(2)7-6(4-3-5-10-7)8(12)11-15(9,13)14/h3-5H,1-2H3,(H,11,12). The fourth-order valence-corrected chi connectivity index (χ4v) is 2.53. The minimum Gasteiger partial charge on any atom is -0.268 e. The van der Waals surface area contributed by atoms with Crippen LogP contribution in [0.3, 0.4) is 0 Å². The number of aromatic nitrogens is 1. The van der Waals surface area contributed by atoms with E-state index < -0.39 is 20.7 Å². The zero-order valence-corrected chi connectivity index (χ0v) is 9.13. The summed E-state index contributed by atoms with van der Waals surface area (Å²) in [6.07, 6.45) is 1.48. The number of carbonyl (C=O) groups is 1. The third-order valence-corrected chi connectivity index (χ3v) is 4.51. The molecule has 6 heteroatoms. The first kappa shape index (κ1) is 10.1. The molecule has 0 saturated carbocycles. The van der Waals surface area contributed by atoms with E-state index in [4.69, 9.17) is 0 Å². The van der Waals surface area contributed by atoms with Crippen LogP contribution in [0, 0.1) is 0 Å². The number of hydrogen-bond acceptors (Lipinski definition) is 4. The average Bonchev–Trinajstić information content (AvgIpc) is 2.15. The van der Waals surface area contributed by atoms with E-state index in [1.165, 1.54) is 20.0 Å². The van der Waals surface area contributed by atoms with Gasteiger partial charge in [0.25, 0.3) is 5.91 Å². The van der Waals surface area contributed by atoms with Crippen LogP contribution in [0.1, 0.15) is 29.9 Å². The van der Waals surface area contributed by atoms with Gasteiger partial charge < -0.3 is 0 Å². The van der Waals surface area contributed by atoms with Gasteiger partial charge in [0.05, 0.1) is 11.3 Å². The molecule has 80 valence electrons. The van der Waals surface area contributed by atoms with Crippen LogP contribution in [0.5, 0.6) is 0 Å². The number of nitrogens with zero attached hydrogens (tertiary/aromatic N) is 1. The summed E-state index contributed by atoms with van der Waals surface area (Å²) in [6.45, 7) is 3.04. The average molecular weight is 226 g/mol. The summed E-state index contributed by atoms with van der Waals surface area (Å²) >= 11 is 0. The number of sulfonamides is 1. The Kier molecular flexibility index (Phi) is 1.88. The summed E-state index contributed by atoms with van der Waals surface area (Å²) in [5.41, 5.74) is 0.617. The fourth-order valence-electron chi connectivity index (χ4n) is 1.50. The first-order chi connectivity index (χ1) is 6.86. The van der Waals surface area contributed by atoms with E-state index in [0.717, 1.165) is 0 Å². The molecule has 0 aromatic carbocycles. The van der Waals surface area contributed by atoms with Crippen molar-refractivity contribution in [2.75, 3.05) is 0 Å². The quantitative estimate of drug-likeness (QED) is 0.694. The molecule has 1 aliphatic heterocycles. The number of rotatable bonds is 0. The first-order valence-corrected chi connectivity index (χ1v) is 5.87. The van der Waals surface area contributed by atoms with E-state index in [-0.39, 0.29) is 0 Å². The molecule has 0 atom stereocenters. The Morgan fingerprint density at radius 2 is 2.07 bits per heavy atom. The van der Waals surface area contributed by atoms with Crippen LogP contribution in [0.25, 0.3) is 0 Å². The molecular formula is C9H10N2O3S. The van der Waals surface area contributed by atoms with Crippen LogP contribution in [0.15, 0.2) is 18.3 Å². The van der Waals surface area contributed by atoms with Crippen LogP contribution < -0.4 is 4.72 Å². The Morgan fingerprint density at radius 1 is 1.40 bits per heavy atom. The number of carbonyl (C=O) groups excluding carboxylic acids is 1. The van der Waals surface area contributed by atoms with Crippen molar-refractivity contribution in [3.05, 3.63) is 29.6 Å². The highest BCUT2D eigenvalue weighted by molar-refractivity contribution is 7.91. The van der Waals surface area contributed by atoms with Crippen LogP contribution >= 0.6 is 0 Å². The Morgan fingerprint density at radius 3 is 2.73 bits per heavy atom. The van der Waals surface area contributed by atoms with E-state index in [1.54, 1.807) is 12.1 Å². The molecule has 0 unspecified atom stereocenters. The third kappa shape index (κ3) is 1.25. The van der Waals surface area contributed by atoms with Gasteiger partial charge in [-0.05, 0) is 26.0 Å². The zero-order valence-electron chi connectivity index (χ0n) is 8.31. The van der Waals surface area contributed by atoms with Gasteiger partial charge in [-0.3, -0.25) is 9.78 Å². The lowest BCUT2D eigenvalue weighted by molar-refractivity contribution is 0.0974. The van der Waals surface area contributed by atoms with E-state index in [0.29, 0.717) is 11.3 Å². The van der Waals surface area contributed by atoms with E-state index in [1.807, 2.05) is 4.72 Å². The Hall–Kier alpha value is -1.43. The SMILES string of the molecule is CC1(C)c2ncccc2C(=O)NS1(=O)=O. The molecule has 0 bridgehead atoms. The third-order valence-electron chi connectivity index (χ3n) is 2.52. The molecule has 5 nitrogen and oxygen atoms in total. The molecule has 1 aliphatic rings. The highest BCUT2D eigenvalue weighted by Crippen LogP contribution is 2.33. The summed E-state index contributed by atoms with van der Waals surface area (Å²) < 4.78 is 24.2. The topological polar surface area (TPSA) is 76.1 Å². The molecule has 2 rings (SSSR count). The maximum absolute atomic E-state index is 11.7. The lowest BCUT2D eigenvalue weighted by atomic mass is 10.0. The second kappa shape index (κ2) is 2.79. The normalized spacial score (nSPS) is 21.6. The molecule has 1 amide bonds. The maximum atomic E-state index is 11.7. The summed E-state index contributed by atoms with van der Waals surface area (Å²) in [4.78, 5) is 15.4. The van der Waals surface area contributed by atoms with Crippen molar-refractivity contribution in [3.63, 3.8) is 0 Å². The van der Waals surface area contributed by atoms with Gasteiger partial charge in [0, 0.05) is 6.20 Å². The van der Waals surface area contributed by atoms with Crippen molar-refractivity contribution in [2.45, 2.75) is 18.6 Å². The number of fused-ring (bicyclic) bond motifs is 1. The van der Waals surface area contributed by atoms with Gasteiger partial charge in [0.1, 0.15) is 4.75 Å². The molecule has 0 spiro atoms. The summed E-state index contributed by atoms with van der Waals surface area (Å²) in [5, 5.41) is 0. The van der Waals surface area contributed by atoms with Gasteiger partial charge in [-0.25, -0.2) is 13.1 Å². The predicted molar refractivity (Wildman–Crippen MR) is 53.6 cm³/mol. The van der Waals surface area contributed by atoms with Crippen LogP contribution in [-0.2, 0) is 14.8 Å². The van der Waals surface area contributed by atoms with Gasteiger partial charge in [-0.15, -0.1) is 0 Å². The lowest BCUT2D eigenvalue weighted by Crippen LogP contribution is -2.48. The minimum absolute atomic E-state index is 0.300. The highest BCUT2D eigenvalue weighted by atomic mass is 32.2. The molecule has 2 heterocycles. The number of pyridine rings is 1. The molecule has 0 fully saturated rings. The zero-order chi connectivity index (χ0) is 11.3. The molecule has 0 aliphatic carbocycles. The molecule has 0 radical (unpaired) electrons. The van der Waals surface area contributed by atoms with Crippen molar-refractivity contribution in [2.24, 2.45) is 0 Å². The maximum Gasteiger partial charge on any atom is 0.266 e. The van der Waals surface area contributed by atoms with Gasteiger partial charge in [0.2, 0.25) is 10.0 Å². The van der Waals surface area contributed by atoms with Gasteiger partial charge in [-0.1, -0.05) is 0 Å². The van der Waals surface area contributed by atoms with Gasteiger partial charge >= 0.3 is 0 Å². The van der Waals surface area contributed by atoms with Crippen LogP contribution in [-0.4, -0.2) is 19.3 Å². The second-order valence-electron chi connectivity index (χ2n) is 3.84. The monoisotopic (exact) mass is 226 g/mol. The van der Waals surface area contributed by atoms with Crippen molar-refractivity contribution in [3.8, 4) is 0 Å². The minimum atomic E-state index is -3.69. The van der Waals surface area contributed by atoms with Crippen molar-refractivity contribution < 1.29 is 13.2 Å². The molecule has 1 N–H and O–H groups in total. The Labute approximate surface area is 87.6 Å². The highest BCUT2D eigenvalue weighted by Gasteiger charge is 2.45. The Bertz CT molecular complexity index is 534. The number of amides is 1. The second-order valence-corrected chi connectivity index (χ2v) is 6.08. The lowest BCUT2D eigenvalue weighted by Gasteiger charge is -2.30. The summed E-state index contributed by atoms with van der Waals surface area (Å²) in [5.74, 6) is -0.613. The number of nitrogens with one attached hydrogen (secondary N) is 1. The summed E-state index contributed by atoms with van der Waals surface area (Å²) in [6, 6.07) is 3.17. The van der Waals surface area contributed by atoms with E-state index in [9.17, 15) is 13.2 Å². The molecule has 1 aromatic rings. The summed E-state index contributed by atoms with van der Waals surface area (Å²) in [7, 11) is -3.69. The molecular weight excluding hydrogens is 216 g/mol. The predicted octanol–water partition coefficient (Wildman–Crippen LogP) is 0.390. The molecule has 1 aromatic heterocycles. The van der Waals surface area contributed by atoms with Crippen LogP contribution in [0.2, 0.25) is 0 Å². The van der Waals surface area contributed by atoms with Crippen molar-refractivity contribution >= 4 is 15.9 Å². The fraction of sp³-hybridized carbons (Fsp3) is 0.333. The van der Waals surface area contributed by atoms with Crippen molar-refractivity contribution in [1.29, 1.82) is 0 Å². The van der Waals surface area contributed by atoms with Crippen molar-refractivity contribution in [1.82, 2.24) is 9.71 Å². The van der Waals surface area contributed by atoms with E-state index >= 15 is 0 Å². The number of hydrogen-bond donors (Lipinski definition) is 1. The molecule has 0 saturated heterocycles. The largest absolute Gasteiger partial charge is 0.268 e. The first-order valence-electron chi connectivity index (χ1n) is 4.38. The van der Waals surface area contributed by atoms with Crippen LogP contribution in [0.4, 0.5) is 0 Å². The molecule has 15 heavy (non-hydrogen) atoms. The van der Waals surface area contributed by atoms with Gasteiger partial charge in [0.15, 0.2) is 0 Å². The smallest absolute Gasteiger partial charge is 0.266 e. The Balaban J connectivity index is 2.80. The van der Waals surface area contributed by atoms with E-state index in [2.05, 4.69) is 4.98 Å². The van der Waals surface area contributed by atoms with Gasteiger partial charge in [-0.2, -0.15) is 0 Å².